The van der Waals surface area contributed by atoms with Crippen LogP contribution in [0.4, 0.5) is 5.69 Å². The Balaban J connectivity index is 1.36. The summed E-state index contributed by atoms with van der Waals surface area (Å²) < 4.78 is 38.2. The number of ether oxygens (including phenoxy) is 2. The molecule has 0 unspecified atom stereocenters. The van der Waals surface area contributed by atoms with Crippen molar-refractivity contribution in [1.82, 2.24) is 4.31 Å². The molecule has 4 rings (SSSR count). The summed E-state index contributed by atoms with van der Waals surface area (Å²) in [4.78, 5) is 15.0. The number of methoxy groups -OCH3 is 1. The number of aryl methyl sites for hydroxylation is 1. The van der Waals surface area contributed by atoms with E-state index in [2.05, 4.69) is 0 Å². The first-order chi connectivity index (χ1) is 15.5. The number of anilines is 1. The molecule has 32 heavy (non-hydrogen) atoms. The van der Waals surface area contributed by atoms with Crippen molar-refractivity contribution in [2.45, 2.75) is 43.4 Å². The first-order valence-corrected chi connectivity index (χ1v) is 12.6. The van der Waals surface area contributed by atoms with E-state index in [9.17, 15) is 13.2 Å². The van der Waals surface area contributed by atoms with E-state index < -0.39 is 10.0 Å². The fraction of sp³-hybridized carbons (Fsp3) is 0.458. The molecule has 0 radical (unpaired) electrons. The minimum atomic E-state index is -3.45. The summed E-state index contributed by atoms with van der Waals surface area (Å²) in [5.74, 6) is 1.56. The Morgan fingerprint density at radius 3 is 2.41 bits per heavy atom. The van der Waals surface area contributed by atoms with Crippen LogP contribution >= 0.6 is 0 Å². The van der Waals surface area contributed by atoms with Gasteiger partial charge >= 0.3 is 0 Å². The molecule has 0 atom stereocenters. The van der Waals surface area contributed by atoms with Crippen molar-refractivity contribution >= 4 is 21.6 Å². The van der Waals surface area contributed by atoms with Crippen LogP contribution in [0.25, 0.3) is 0 Å². The molecule has 1 fully saturated rings. The molecule has 2 aromatic carbocycles. The number of carbonyl (C=O) groups excluding carboxylic acids is 1. The van der Waals surface area contributed by atoms with Gasteiger partial charge in [0.25, 0.3) is 0 Å². The lowest BCUT2D eigenvalue weighted by atomic mass is 10.0. The highest BCUT2D eigenvalue weighted by Crippen LogP contribution is 2.31. The molecule has 2 aliphatic rings. The van der Waals surface area contributed by atoms with E-state index in [0.717, 1.165) is 48.4 Å². The number of amides is 1. The van der Waals surface area contributed by atoms with Crippen molar-refractivity contribution in [2.75, 3.05) is 38.3 Å². The monoisotopic (exact) mass is 458 g/mol. The van der Waals surface area contributed by atoms with Crippen LogP contribution < -0.4 is 14.4 Å². The Bertz CT molecular complexity index is 1050. The van der Waals surface area contributed by atoms with E-state index in [1.807, 2.05) is 24.3 Å². The van der Waals surface area contributed by atoms with Gasteiger partial charge in [0.2, 0.25) is 15.9 Å². The fourth-order valence-corrected chi connectivity index (χ4v) is 5.86. The molecule has 2 aromatic rings. The molecule has 2 heterocycles. The molecule has 1 saturated heterocycles. The van der Waals surface area contributed by atoms with Crippen molar-refractivity contribution in [1.29, 1.82) is 0 Å². The Hall–Kier alpha value is -2.58. The number of hydrogen-bond donors (Lipinski definition) is 0. The summed E-state index contributed by atoms with van der Waals surface area (Å²) in [5.41, 5.74) is 1.76. The smallest absolute Gasteiger partial charge is 0.243 e. The van der Waals surface area contributed by atoms with E-state index in [1.54, 1.807) is 34.5 Å². The average molecular weight is 459 g/mol. The van der Waals surface area contributed by atoms with Crippen molar-refractivity contribution in [3.8, 4) is 11.5 Å². The molecule has 0 bridgehead atoms. The molecular formula is C24H30N2O5S. The number of hydrogen-bond acceptors (Lipinski definition) is 5. The first-order valence-electron chi connectivity index (χ1n) is 11.2. The maximum Gasteiger partial charge on any atom is 0.243 e. The maximum atomic E-state index is 12.9. The number of sulfonamides is 1. The molecule has 0 N–H and O–H groups in total. The van der Waals surface area contributed by atoms with E-state index in [0.29, 0.717) is 44.0 Å². The van der Waals surface area contributed by atoms with E-state index in [4.69, 9.17) is 9.47 Å². The molecule has 0 aliphatic carbocycles. The van der Waals surface area contributed by atoms with Gasteiger partial charge in [0, 0.05) is 31.7 Å². The molecule has 0 spiro atoms. The van der Waals surface area contributed by atoms with Gasteiger partial charge < -0.3 is 14.4 Å². The summed E-state index contributed by atoms with van der Waals surface area (Å²) in [6.45, 7) is 2.28. The largest absolute Gasteiger partial charge is 0.497 e. The predicted octanol–water partition coefficient (Wildman–Crippen LogP) is 3.62. The maximum absolute atomic E-state index is 12.9. The van der Waals surface area contributed by atoms with Crippen LogP contribution in [-0.2, 0) is 21.2 Å². The number of benzene rings is 2. The lowest BCUT2D eigenvalue weighted by Gasteiger charge is -2.30. The Labute approximate surface area is 190 Å². The van der Waals surface area contributed by atoms with Gasteiger partial charge in [0.15, 0.2) is 0 Å². The Morgan fingerprint density at radius 2 is 1.69 bits per heavy atom. The van der Waals surface area contributed by atoms with Gasteiger partial charge in [-0.05, 0) is 80.1 Å². The SMILES string of the molecule is COc1ccc(OCCCC(=O)N2CCCc3cc(S(=O)(=O)N4CCCC4)ccc32)cc1. The zero-order valence-electron chi connectivity index (χ0n) is 18.5. The van der Waals surface area contributed by atoms with E-state index >= 15 is 0 Å². The summed E-state index contributed by atoms with van der Waals surface area (Å²) in [6.07, 6.45) is 4.42. The zero-order valence-corrected chi connectivity index (χ0v) is 19.3. The zero-order chi connectivity index (χ0) is 22.6. The van der Waals surface area contributed by atoms with Gasteiger partial charge in [-0.2, -0.15) is 4.31 Å². The van der Waals surface area contributed by atoms with Crippen molar-refractivity contribution in [3.05, 3.63) is 48.0 Å². The van der Waals surface area contributed by atoms with Gasteiger partial charge in [-0.25, -0.2) is 8.42 Å². The molecule has 0 aromatic heterocycles. The summed E-state index contributed by atoms with van der Waals surface area (Å²) >= 11 is 0. The number of carbonyl (C=O) groups is 1. The number of rotatable bonds is 8. The molecule has 7 nitrogen and oxygen atoms in total. The average Bonchev–Trinajstić information content (AvgIpc) is 3.37. The predicted molar refractivity (Wildman–Crippen MR) is 123 cm³/mol. The highest BCUT2D eigenvalue weighted by Gasteiger charge is 2.29. The minimum absolute atomic E-state index is 0.0411. The first kappa shape index (κ1) is 22.6. The third-order valence-electron chi connectivity index (χ3n) is 6.04. The summed E-state index contributed by atoms with van der Waals surface area (Å²) in [7, 11) is -1.83. The fourth-order valence-electron chi connectivity index (χ4n) is 4.29. The molecular weight excluding hydrogens is 428 g/mol. The summed E-state index contributed by atoms with van der Waals surface area (Å²) in [5, 5.41) is 0. The molecule has 2 aliphatic heterocycles. The van der Waals surface area contributed by atoms with Gasteiger partial charge in [-0.15, -0.1) is 0 Å². The molecule has 8 heteroatoms. The van der Waals surface area contributed by atoms with Crippen LogP contribution in [0.3, 0.4) is 0 Å². The second-order valence-corrected chi connectivity index (χ2v) is 10.1. The molecule has 1 amide bonds. The highest BCUT2D eigenvalue weighted by molar-refractivity contribution is 7.89. The van der Waals surface area contributed by atoms with Gasteiger partial charge in [0.1, 0.15) is 11.5 Å². The van der Waals surface area contributed by atoms with Crippen LogP contribution in [0.1, 0.15) is 37.7 Å². The Kier molecular flexibility index (Phi) is 7.01. The van der Waals surface area contributed by atoms with Gasteiger partial charge in [0.05, 0.1) is 18.6 Å². The van der Waals surface area contributed by atoms with Gasteiger partial charge in [-0.1, -0.05) is 0 Å². The van der Waals surface area contributed by atoms with Gasteiger partial charge in [-0.3, -0.25) is 4.79 Å². The van der Waals surface area contributed by atoms with Crippen molar-refractivity contribution in [2.24, 2.45) is 0 Å². The second kappa shape index (κ2) is 9.92. The van der Waals surface area contributed by atoms with E-state index in [1.165, 1.54) is 0 Å². The summed E-state index contributed by atoms with van der Waals surface area (Å²) in [6, 6.07) is 12.6. The van der Waals surface area contributed by atoms with Crippen LogP contribution in [-0.4, -0.2) is 52.0 Å². The number of nitrogens with zero attached hydrogens (tertiary/aromatic N) is 2. The quantitative estimate of drug-likeness (QED) is 0.565. The van der Waals surface area contributed by atoms with Crippen LogP contribution in [0.5, 0.6) is 11.5 Å². The van der Waals surface area contributed by atoms with Crippen LogP contribution in [0.15, 0.2) is 47.4 Å². The van der Waals surface area contributed by atoms with Crippen LogP contribution in [0.2, 0.25) is 0 Å². The van der Waals surface area contributed by atoms with Crippen molar-refractivity contribution < 1.29 is 22.7 Å². The normalized spacial score (nSPS) is 16.6. The topological polar surface area (TPSA) is 76.1 Å². The Morgan fingerprint density at radius 1 is 0.969 bits per heavy atom. The third-order valence-corrected chi connectivity index (χ3v) is 7.93. The van der Waals surface area contributed by atoms with Crippen molar-refractivity contribution in [3.63, 3.8) is 0 Å². The molecule has 172 valence electrons. The molecule has 0 saturated carbocycles. The second-order valence-electron chi connectivity index (χ2n) is 8.18. The lowest BCUT2D eigenvalue weighted by Crippen LogP contribution is -2.36. The standard InChI is InChI=1S/C24H30N2O5S/c1-30-20-8-10-21(11-9-20)31-17-5-7-24(27)26-16-4-6-19-18-22(12-13-23(19)26)32(28,29)25-14-2-3-15-25/h8-13,18H,2-7,14-17H2,1H3. The third kappa shape index (κ3) is 4.91. The lowest BCUT2D eigenvalue weighted by molar-refractivity contribution is -0.118. The number of fused-ring (bicyclic) bond motifs is 1. The highest BCUT2D eigenvalue weighted by atomic mass is 32.2. The minimum Gasteiger partial charge on any atom is -0.497 e. The van der Waals surface area contributed by atoms with E-state index in [-0.39, 0.29) is 5.91 Å². The van der Waals surface area contributed by atoms with Crippen LogP contribution in [0, 0.1) is 0 Å².